The number of ether oxygens (including phenoxy) is 1. The van der Waals surface area contributed by atoms with Gasteiger partial charge in [0.25, 0.3) is 5.91 Å². The number of furan rings is 1. The van der Waals surface area contributed by atoms with E-state index in [4.69, 9.17) is 9.15 Å². The quantitative estimate of drug-likeness (QED) is 0.491. The van der Waals surface area contributed by atoms with Crippen molar-refractivity contribution in [2.45, 2.75) is 71.1 Å². The van der Waals surface area contributed by atoms with Crippen LogP contribution in [-0.4, -0.2) is 39.5 Å². The lowest BCUT2D eigenvalue weighted by Gasteiger charge is -2.45. The molecule has 1 saturated carbocycles. The summed E-state index contributed by atoms with van der Waals surface area (Å²) in [6.45, 7) is 7.16. The minimum absolute atomic E-state index is 0.117. The van der Waals surface area contributed by atoms with Crippen LogP contribution >= 0.6 is 0 Å². The molecule has 1 aromatic carbocycles. The van der Waals surface area contributed by atoms with E-state index in [1.807, 2.05) is 66.9 Å². The molecule has 1 aliphatic heterocycles. The number of benzene rings is 1. The first-order valence-corrected chi connectivity index (χ1v) is 13.0. The molecule has 0 saturated heterocycles. The zero-order chi connectivity index (χ0) is 25.3. The number of hydrogen-bond acceptors (Lipinski definition) is 4. The van der Waals surface area contributed by atoms with E-state index < -0.39 is 5.54 Å². The van der Waals surface area contributed by atoms with Gasteiger partial charge < -0.3 is 23.9 Å². The summed E-state index contributed by atoms with van der Waals surface area (Å²) < 4.78 is 13.4. The van der Waals surface area contributed by atoms with Crippen LogP contribution in [0.15, 0.2) is 59.2 Å². The van der Waals surface area contributed by atoms with E-state index in [0.717, 1.165) is 36.3 Å². The third-order valence-corrected chi connectivity index (χ3v) is 7.80. The van der Waals surface area contributed by atoms with Crippen LogP contribution in [-0.2, 0) is 17.9 Å². The molecule has 7 heteroatoms. The Labute approximate surface area is 212 Å². The molecular weight excluding hydrogens is 454 g/mol. The van der Waals surface area contributed by atoms with Crippen molar-refractivity contribution in [2.75, 3.05) is 6.61 Å². The van der Waals surface area contributed by atoms with Gasteiger partial charge in [-0.05, 0) is 62.9 Å². The van der Waals surface area contributed by atoms with Crippen LogP contribution in [0, 0.1) is 5.92 Å². The topological polar surface area (TPSA) is 76.7 Å². The zero-order valence-electron chi connectivity index (χ0n) is 21.3. The Hall–Kier alpha value is -3.48. The lowest BCUT2D eigenvalue weighted by molar-refractivity contribution is -0.134. The highest BCUT2D eigenvalue weighted by Crippen LogP contribution is 2.36. The second kappa shape index (κ2) is 9.88. The first-order valence-electron chi connectivity index (χ1n) is 13.0. The lowest BCUT2D eigenvalue weighted by atomic mass is 9.85. The first-order chi connectivity index (χ1) is 17.4. The van der Waals surface area contributed by atoms with Gasteiger partial charge in [0.1, 0.15) is 22.7 Å². The zero-order valence-corrected chi connectivity index (χ0v) is 21.3. The summed E-state index contributed by atoms with van der Waals surface area (Å²) >= 11 is 0. The smallest absolute Gasteiger partial charge is 0.271 e. The van der Waals surface area contributed by atoms with Gasteiger partial charge in [0, 0.05) is 11.6 Å². The molecule has 0 unspecified atom stereocenters. The molecule has 2 amide bonds. The average Bonchev–Trinajstić information content (AvgIpc) is 3.54. The van der Waals surface area contributed by atoms with E-state index in [1.165, 1.54) is 6.42 Å². The lowest BCUT2D eigenvalue weighted by Crippen LogP contribution is -2.65. The molecule has 1 N–H and O–H groups in total. The van der Waals surface area contributed by atoms with Crippen molar-refractivity contribution < 1.29 is 18.7 Å². The molecule has 0 bridgehead atoms. The summed E-state index contributed by atoms with van der Waals surface area (Å²) in [5.74, 6) is 1.52. The van der Waals surface area contributed by atoms with Gasteiger partial charge >= 0.3 is 0 Å². The maximum Gasteiger partial charge on any atom is 0.271 e. The van der Waals surface area contributed by atoms with E-state index >= 15 is 0 Å². The number of fused-ring (bicyclic) bond motifs is 1. The van der Waals surface area contributed by atoms with Crippen LogP contribution in [0.3, 0.4) is 0 Å². The van der Waals surface area contributed by atoms with Crippen molar-refractivity contribution in [1.29, 1.82) is 0 Å². The molecule has 7 nitrogen and oxygen atoms in total. The van der Waals surface area contributed by atoms with Crippen molar-refractivity contribution >= 4 is 11.8 Å². The Morgan fingerprint density at radius 1 is 1.11 bits per heavy atom. The molecule has 1 fully saturated rings. The number of amides is 2. The van der Waals surface area contributed by atoms with Gasteiger partial charge in [-0.3, -0.25) is 9.59 Å². The van der Waals surface area contributed by atoms with E-state index in [-0.39, 0.29) is 24.4 Å². The van der Waals surface area contributed by atoms with E-state index in [9.17, 15) is 9.59 Å². The molecule has 3 atom stereocenters. The van der Waals surface area contributed by atoms with Crippen LogP contribution in [0.2, 0.25) is 0 Å². The molecule has 2 aromatic heterocycles. The summed E-state index contributed by atoms with van der Waals surface area (Å²) in [5, 5.41) is 3.33. The van der Waals surface area contributed by atoms with Crippen LogP contribution in [0.1, 0.15) is 62.5 Å². The monoisotopic (exact) mass is 489 g/mol. The Morgan fingerprint density at radius 3 is 2.64 bits per heavy atom. The number of carbonyl (C=O) groups excluding carboxylic acids is 2. The Kier molecular flexibility index (Phi) is 6.65. The predicted molar refractivity (Wildman–Crippen MR) is 138 cm³/mol. The fourth-order valence-corrected chi connectivity index (χ4v) is 5.62. The third-order valence-electron chi connectivity index (χ3n) is 7.80. The van der Waals surface area contributed by atoms with Crippen molar-refractivity contribution in [3.63, 3.8) is 0 Å². The first kappa shape index (κ1) is 24.2. The van der Waals surface area contributed by atoms with Gasteiger partial charge in [-0.1, -0.05) is 38.0 Å². The number of rotatable bonds is 7. The van der Waals surface area contributed by atoms with Crippen LogP contribution in [0.25, 0.3) is 11.5 Å². The number of nitrogens with zero attached hydrogens (tertiary/aromatic N) is 2. The summed E-state index contributed by atoms with van der Waals surface area (Å²) in [6.07, 6.45) is 6.00. The molecule has 190 valence electrons. The normalized spacial score (nSPS) is 23.9. The molecule has 3 heterocycles. The Morgan fingerprint density at radius 2 is 1.89 bits per heavy atom. The highest BCUT2D eigenvalue weighted by molar-refractivity contribution is 6.00. The third kappa shape index (κ3) is 4.31. The van der Waals surface area contributed by atoms with Crippen LogP contribution in [0.5, 0.6) is 5.75 Å². The van der Waals surface area contributed by atoms with Crippen LogP contribution < -0.4 is 10.1 Å². The number of aromatic nitrogens is 1. The number of para-hydroxylation sites is 1. The Bertz CT molecular complexity index is 1230. The number of hydrogen-bond donors (Lipinski definition) is 1. The standard InChI is InChI=1S/C29H35N3O4/c1-4-35-25-13-8-6-11-21(25)18-32-27(33)24-16-15-23(26-14-9-17-36-26)31(24)19-29(32,3)28(34)30-22-12-7-5-10-20(22)2/h6,8-9,11,13-17,20,22H,4-5,7,10,12,18-19H2,1-3H3,(H,30,34)/t20-,22-,29+/m0/s1. The van der Waals surface area contributed by atoms with Crippen LogP contribution in [0.4, 0.5) is 0 Å². The van der Waals surface area contributed by atoms with Crippen molar-refractivity contribution in [3.05, 3.63) is 66.1 Å². The molecule has 0 radical (unpaired) electrons. The molecular formula is C29H35N3O4. The summed E-state index contributed by atoms with van der Waals surface area (Å²) in [4.78, 5) is 29.8. The summed E-state index contributed by atoms with van der Waals surface area (Å²) in [7, 11) is 0. The highest BCUT2D eigenvalue weighted by Gasteiger charge is 2.48. The average molecular weight is 490 g/mol. The van der Waals surface area contributed by atoms with E-state index in [1.54, 1.807) is 11.2 Å². The van der Waals surface area contributed by atoms with Gasteiger partial charge in [0.15, 0.2) is 0 Å². The molecule has 1 aliphatic carbocycles. The van der Waals surface area contributed by atoms with Gasteiger partial charge in [0.05, 0.1) is 31.7 Å². The van der Waals surface area contributed by atoms with Gasteiger partial charge in [-0.25, -0.2) is 0 Å². The van der Waals surface area contributed by atoms with Gasteiger partial charge in [-0.15, -0.1) is 0 Å². The second-order valence-corrected chi connectivity index (χ2v) is 10.2. The SMILES string of the molecule is CCOc1ccccc1CN1C(=O)c2ccc(-c3ccco3)n2C[C@]1(C)C(=O)N[C@H]1CCCC[C@@H]1C. The Balaban J connectivity index is 1.54. The van der Waals surface area contributed by atoms with Crippen molar-refractivity contribution in [3.8, 4) is 17.2 Å². The molecule has 2 aliphatic rings. The maximum absolute atomic E-state index is 14.0. The minimum Gasteiger partial charge on any atom is -0.494 e. The molecule has 5 rings (SSSR count). The van der Waals surface area contributed by atoms with Gasteiger partial charge in [0.2, 0.25) is 5.91 Å². The number of carbonyl (C=O) groups is 2. The van der Waals surface area contributed by atoms with E-state index in [0.29, 0.717) is 30.5 Å². The van der Waals surface area contributed by atoms with Crippen molar-refractivity contribution in [2.24, 2.45) is 5.92 Å². The highest BCUT2D eigenvalue weighted by atomic mass is 16.5. The minimum atomic E-state index is -1.10. The number of nitrogens with one attached hydrogen (secondary N) is 1. The van der Waals surface area contributed by atoms with Crippen molar-refractivity contribution in [1.82, 2.24) is 14.8 Å². The second-order valence-electron chi connectivity index (χ2n) is 10.2. The maximum atomic E-state index is 14.0. The fraction of sp³-hybridized carbons (Fsp3) is 0.448. The fourth-order valence-electron chi connectivity index (χ4n) is 5.62. The summed E-state index contributed by atoms with van der Waals surface area (Å²) in [6, 6.07) is 15.3. The van der Waals surface area contributed by atoms with E-state index in [2.05, 4.69) is 12.2 Å². The predicted octanol–water partition coefficient (Wildman–Crippen LogP) is 5.26. The summed E-state index contributed by atoms with van der Waals surface area (Å²) in [5.41, 5.74) is 1.12. The molecule has 36 heavy (non-hydrogen) atoms. The molecule has 0 spiro atoms. The molecule has 3 aromatic rings. The van der Waals surface area contributed by atoms with Gasteiger partial charge in [-0.2, -0.15) is 0 Å². The largest absolute Gasteiger partial charge is 0.494 e.